The molecule has 0 aliphatic heterocycles. The first kappa shape index (κ1) is 20.9. The minimum atomic E-state index is -3.73. The Kier molecular flexibility index (Phi) is 6.11. The first-order chi connectivity index (χ1) is 14.4. The van der Waals surface area contributed by atoms with Gasteiger partial charge in [-0.05, 0) is 48.7 Å². The molecule has 1 aromatic carbocycles. The molecular weight excluding hydrogens is 459 g/mol. The van der Waals surface area contributed by atoms with Crippen LogP contribution in [-0.2, 0) is 16.6 Å². The lowest BCUT2D eigenvalue weighted by Gasteiger charge is -2.08. The van der Waals surface area contributed by atoms with Gasteiger partial charge in [-0.2, -0.15) is 0 Å². The van der Waals surface area contributed by atoms with Crippen molar-refractivity contribution in [2.24, 2.45) is 0 Å². The molecule has 2 N–H and O–H groups in total. The van der Waals surface area contributed by atoms with Gasteiger partial charge in [0.2, 0.25) is 10.0 Å². The molecule has 0 unspecified atom stereocenters. The quantitative estimate of drug-likeness (QED) is 0.395. The van der Waals surface area contributed by atoms with Gasteiger partial charge in [-0.25, -0.2) is 18.1 Å². The van der Waals surface area contributed by atoms with Crippen LogP contribution in [-0.4, -0.2) is 19.3 Å². The molecule has 4 aromatic rings. The first-order valence-corrected chi connectivity index (χ1v) is 12.9. The van der Waals surface area contributed by atoms with Crippen molar-refractivity contribution in [2.45, 2.75) is 18.4 Å². The Bertz CT molecular complexity index is 1270. The maximum Gasteiger partial charge on any atom is 0.257 e. The summed E-state index contributed by atoms with van der Waals surface area (Å²) < 4.78 is 27.7. The summed E-state index contributed by atoms with van der Waals surface area (Å²) in [5, 5.41) is 6.98. The molecule has 0 atom stereocenters. The van der Waals surface area contributed by atoms with Gasteiger partial charge in [-0.15, -0.1) is 34.0 Å². The van der Waals surface area contributed by atoms with E-state index >= 15 is 0 Å². The number of aryl methyl sites for hydroxylation is 1. The average molecular weight is 476 g/mol. The van der Waals surface area contributed by atoms with E-state index in [2.05, 4.69) is 15.0 Å². The maximum atomic E-state index is 12.6. The number of thiophene rings is 2. The zero-order valence-electron chi connectivity index (χ0n) is 15.8. The molecule has 0 fully saturated rings. The Morgan fingerprint density at radius 2 is 1.97 bits per heavy atom. The predicted molar refractivity (Wildman–Crippen MR) is 123 cm³/mol. The highest BCUT2D eigenvalue weighted by Gasteiger charge is 2.17. The highest BCUT2D eigenvalue weighted by Crippen LogP contribution is 2.30. The van der Waals surface area contributed by atoms with Crippen LogP contribution in [0.4, 0.5) is 5.13 Å². The molecule has 3 heterocycles. The number of aromatic nitrogens is 1. The third-order valence-corrected chi connectivity index (χ3v) is 8.20. The Morgan fingerprint density at radius 1 is 1.10 bits per heavy atom. The Labute approximate surface area is 186 Å². The second-order valence-corrected chi connectivity index (χ2v) is 11.3. The van der Waals surface area contributed by atoms with E-state index in [9.17, 15) is 13.2 Å². The lowest BCUT2D eigenvalue weighted by Crippen LogP contribution is -2.23. The molecule has 0 aliphatic carbocycles. The largest absolute Gasteiger partial charge is 0.298 e. The number of hydrogen-bond acceptors (Lipinski definition) is 7. The third-order valence-electron chi connectivity index (χ3n) is 4.14. The van der Waals surface area contributed by atoms with Crippen molar-refractivity contribution >= 4 is 55.1 Å². The van der Waals surface area contributed by atoms with Gasteiger partial charge < -0.3 is 0 Å². The van der Waals surface area contributed by atoms with E-state index in [1.807, 2.05) is 41.9 Å². The van der Waals surface area contributed by atoms with Gasteiger partial charge in [0, 0.05) is 27.2 Å². The van der Waals surface area contributed by atoms with Crippen LogP contribution in [0.3, 0.4) is 0 Å². The number of nitrogens with zero attached hydrogens (tertiary/aromatic N) is 1. The molecule has 0 aliphatic rings. The predicted octanol–water partition coefficient (Wildman–Crippen LogP) is 4.97. The molecule has 0 saturated carbocycles. The molecular formula is C20H17N3O3S4. The van der Waals surface area contributed by atoms with Gasteiger partial charge in [-0.1, -0.05) is 12.1 Å². The zero-order valence-corrected chi connectivity index (χ0v) is 19.1. The zero-order chi connectivity index (χ0) is 21.1. The van der Waals surface area contributed by atoms with Crippen molar-refractivity contribution in [3.05, 3.63) is 74.6 Å². The van der Waals surface area contributed by atoms with Crippen molar-refractivity contribution in [2.75, 3.05) is 5.32 Å². The van der Waals surface area contributed by atoms with E-state index < -0.39 is 15.9 Å². The number of anilines is 1. The van der Waals surface area contributed by atoms with Crippen molar-refractivity contribution in [1.82, 2.24) is 9.71 Å². The maximum absolute atomic E-state index is 12.6. The van der Waals surface area contributed by atoms with Crippen LogP contribution >= 0.6 is 34.0 Å². The number of rotatable bonds is 7. The van der Waals surface area contributed by atoms with Crippen LogP contribution in [0.15, 0.2) is 64.2 Å². The second kappa shape index (κ2) is 8.78. The average Bonchev–Trinajstić information content (AvgIpc) is 3.48. The minimum Gasteiger partial charge on any atom is -0.298 e. The van der Waals surface area contributed by atoms with Crippen LogP contribution < -0.4 is 10.0 Å². The Balaban J connectivity index is 1.46. The molecule has 0 radical (unpaired) electrons. The van der Waals surface area contributed by atoms with Crippen LogP contribution in [0.25, 0.3) is 10.6 Å². The van der Waals surface area contributed by atoms with E-state index in [-0.39, 0.29) is 17.0 Å². The van der Waals surface area contributed by atoms with Crippen LogP contribution in [0.1, 0.15) is 20.1 Å². The number of hydrogen-bond donors (Lipinski definition) is 2. The fourth-order valence-corrected chi connectivity index (χ4v) is 6.05. The number of carbonyl (C=O) groups excluding carboxylic acids is 1. The smallest absolute Gasteiger partial charge is 0.257 e. The second-order valence-electron chi connectivity index (χ2n) is 6.33. The van der Waals surface area contributed by atoms with E-state index in [1.165, 1.54) is 39.7 Å². The SMILES string of the molecule is Cc1ccc(-c2csc(NC(=O)c3cccc(S(=O)(=O)NCc4cccs4)c3)n2)s1. The summed E-state index contributed by atoms with van der Waals surface area (Å²) in [5.74, 6) is -0.409. The monoisotopic (exact) mass is 475 g/mol. The fourth-order valence-electron chi connectivity index (χ4n) is 2.65. The van der Waals surface area contributed by atoms with Gasteiger partial charge in [0.15, 0.2) is 5.13 Å². The molecule has 30 heavy (non-hydrogen) atoms. The van der Waals surface area contributed by atoms with E-state index in [4.69, 9.17) is 0 Å². The topological polar surface area (TPSA) is 88.2 Å². The summed E-state index contributed by atoms with van der Waals surface area (Å²) >= 11 is 4.44. The standard InChI is InChI=1S/C20H17N3O3S4/c1-13-7-8-18(29-13)17-12-28-20(22-17)23-19(24)14-4-2-6-16(10-14)30(25,26)21-11-15-5-3-9-27-15/h2-10,12,21H,11H2,1H3,(H,22,23,24). The van der Waals surface area contributed by atoms with Crippen molar-refractivity contribution in [3.63, 3.8) is 0 Å². The number of carbonyl (C=O) groups is 1. The van der Waals surface area contributed by atoms with E-state index in [0.29, 0.717) is 5.13 Å². The lowest BCUT2D eigenvalue weighted by atomic mass is 10.2. The Morgan fingerprint density at radius 3 is 2.70 bits per heavy atom. The van der Waals surface area contributed by atoms with Gasteiger partial charge in [0.25, 0.3) is 5.91 Å². The molecule has 1 amide bonds. The number of thiazole rings is 1. The van der Waals surface area contributed by atoms with E-state index in [0.717, 1.165) is 15.4 Å². The molecule has 3 aromatic heterocycles. The van der Waals surface area contributed by atoms with Crippen LogP contribution in [0.2, 0.25) is 0 Å². The van der Waals surface area contributed by atoms with Gasteiger partial charge in [-0.3, -0.25) is 10.1 Å². The first-order valence-electron chi connectivity index (χ1n) is 8.86. The number of amides is 1. The third kappa shape index (κ3) is 4.85. The normalized spacial score (nSPS) is 11.5. The molecule has 0 spiro atoms. The summed E-state index contributed by atoms with van der Waals surface area (Å²) in [6.07, 6.45) is 0. The Hall–Kier alpha value is -2.37. The summed E-state index contributed by atoms with van der Waals surface area (Å²) in [7, 11) is -3.73. The summed E-state index contributed by atoms with van der Waals surface area (Å²) in [6, 6.07) is 13.7. The molecule has 154 valence electrons. The van der Waals surface area contributed by atoms with Crippen molar-refractivity contribution in [3.8, 4) is 10.6 Å². The van der Waals surface area contributed by atoms with Gasteiger partial charge in [0.1, 0.15) is 0 Å². The molecule has 10 heteroatoms. The summed E-state index contributed by atoms with van der Waals surface area (Å²) in [6.45, 7) is 2.24. The molecule has 4 rings (SSSR count). The minimum absolute atomic E-state index is 0.0422. The van der Waals surface area contributed by atoms with Gasteiger partial charge >= 0.3 is 0 Å². The molecule has 0 saturated heterocycles. The van der Waals surface area contributed by atoms with Crippen molar-refractivity contribution < 1.29 is 13.2 Å². The highest BCUT2D eigenvalue weighted by atomic mass is 32.2. The summed E-state index contributed by atoms with van der Waals surface area (Å²) in [5.41, 5.74) is 1.06. The van der Waals surface area contributed by atoms with Crippen LogP contribution in [0.5, 0.6) is 0 Å². The molecule has 0 bridgehead atoms. The van der Waals surface area contributed by atoms with Gasteiger partial charge in [0.05, 0.1) is 15.5 Å². The number of nitrogens with one attached hydrogen (secondary N) is 2. The van der Waals surface area contributed by atoms with E-state index in [1.54, 1.807) is 23.5 Å². The fraction of sp³-hybridized carbons (Fsp3) is 0.100. The number of benzene rings is 1. The number of sulfonamides is 1. The van der Waals surface area contributed by atoms with Crippen LogP contribution in [0, 0.1) is 6.92 Å². The van der Waals surface area contributed by atoms with Crippen molar-refractivity contribution in [1.29, 1.82) is 0 Å². The molecule has 6 nitrogen and oxygen atoms in total. The highest BCUT2D eigenvalue weighted by molar-refractivity contribution is 7.89. The summed E-state index contributed by atoms with van der Waals surface area (Å²) in [4.78, 5) is 20.3. The lowest BCUT2D eigenvalue weighted by molar-refractivity contribution is 0.102.